The number of aliphatic imine (C=N–C) groups is 2. The molecule has 0 saturated carbocycles. The number of allylic oxidation sites excluding steroid dienone is 1. The molecular weight excluding hydrogens is 190 g/mol. The average molecular weight is 207 g/mol. The summed E-state index contributed by atoms with van der Waals surface area (Å²) in [5.41, 5.74) is 0. The highest BCUT2D eigenvalue weighted by atomic mass is 16.5. The number of nitrogens with zero attached hydrogens (tertiary/aromatic N) is 3. The van der Waals surface area contributed by atoms with Gasteiger partial charge in [0.1, 0.15) is 6.23 Å². The van der Waals surface area contributed by atoms with Gasteiger partial charge in [-0.15, -0.1) is 0 Å². The second-order valence-electron chi connectivity index (χ2n) is 3.96. The first-order valence-corrected chi connectivity index (χ1v) is 5.38. The van der Waals surface area contributed by atoms with Gasteiger partial charge in [-0.1, -0.05) is 12.7 Å². The highest BCUT2D eigenvalue weighted by Crippen LogP contribution is 2.30. The number of hydrogen-bond donors (Lipinski definition) is 0. The summed E-state index contributed by atoms with van der Waals surface area (Å²) in [6.45, 7) is 6.43. The molecule has 0 N–H and O–H groups in total. The molecule has 4 heteroatoms. The van der Waals surface area contributed by atoms with E-state index in [-0.39, 0.29) is 6.23 Å². The second-order valence-corrected chi connectivity index (χ2v) is 3.96. The molecule has 0 amide bonds. The normalized spacial score (nSPS) is 35.5. The Labute approximate surface area is 90.4 Å². The Morgan fingerprint density at radius 2 is 2.53 bits per heavy atom. The fourth-order valence-electron chi connectivity index (χ4n) is 1.88. The first-order valence-electron chi connectivity index (χ1n) is 5.38. The lowest BCUT2D eigenvalue weighted by atomic mass is 10.1. The van der Waals surface area contributed by atoms with Crippen LogP contribution >= 0.6 is 0 Å². The van der Waals surface area contributed by atoms with E-state index >= 15 is 0 Å². The fourth-order valence-corrected chi connectivity index (χ4v) is 1.88. The molecule has 0 aromatic heterocycles. The van der Waals surface area contributed by atoms with Gasteiger partial charge in [-0.3, -0.25) is 4.90 Å². The third-order valence-corrected chi connectivity index (χ3v) is 2.81. The van der Waals surface area contributed by atoms with Crippen molar-refractivity contribution in [3.63, 3.8) is 0 Å². The molecule has 0 radical (unpaired) electrons. The zero-order valence-corrected chi connectivity index (χ0v) is 9.09. The maximum Gasteiger partial charge on any atom is 0.228 e. The molecule has 2 heterocycles. The van der Waals surface area contributed by atoms with Gasteiger partial charge in [0.2, 0.25) is 5.79 Å². The predicted molar refractivity (Wildman–Crippen MR) is 61.0 cm³/mol. The van der Waals surface area contributed by atoms with E-state index in [1.54, 1.807) is 12.3 Å². The summed E-state index contributed by atoms with van der Waals surface area (Å²) in [4.78, 5) is 10.7. The zero-order chi connectivity index (χ0) is 10.7. The standard InChI is InChI=1S/C11H17N3O/c1-3-7-12-11(2)13-9-14(11)10-6-4-5-8-15-10/h3,7,9-10H,1,4-6,8H2,2H3. The fraction of sp³-hybridized carbons (Fsp3) is 0.636. The van der Waals surface area contributed by atoms with E-state index in [0.717, 1.165) is 19.4 Å². The molecule has 0 aromatic carbocycles. The van der Waals surface area contributed by atoms with Crippen LogP contribution in [0.3, 0.4) is 0 Å². The monoisotopic (exact) mass is 207 g/mol. The van der Waals surface area contributed by atoms with Crippen molar-refractivity contribution in [3.8, 4) is 0 Å². The summed E-state index contributed by atoms with van der Waals surface area (Å²) < 4.78 is 5.69. The lowest BCUT2D eigenvalue weighted by Gasteiger charge is -2.46. The van der Waals surface area contributed by atoms with Crippen molar-refractivity contribution in [2.75, 3.05) is 6.61 Å². The molecule has 0 bridgehead atoms. The van der Waals surface area contributed by atoms with Crippen LogP contribution < -0.4 is 0 Å². The van der Waals surface area contributed by atoms with Gasteiger partial charge in [-0.25, -0.2) is 9.98 Å². The van der Waals surface area contributed by atoms with Gasteiger partial charge < -0.3 is 4.74 Å². The molecule has 82 valence electrons. The number of rotatable bonds is 3. The summed E-state index contributed by atoms with van der Waals surface area (Å²) >= 11 is 0. The lowest BCUT2D eigenvalue weighted by molar-refractivity contribution is -0.0960. The van der Waals surface area contributed by atoms with E-state index in [0.29, 0.717) is 0 Å². The Kier molecular flexibility index (Phi) is 2.86. The minimum absolute atomic E-state index is 0.142. The number of hydrogen-bond acceptors (Lipinski definition) is 4. The molecule has 2 unspecified atom stereocenters. The smallest absolute Gasteiger partial charge is 0.228 e. The molecule has 0 spiro atoms. The van der Waals surface area contributed by atoms with Crippen LogP contribution in [0.2, 0.25) is 0 Å². The van der Waals surface area contributed by atoms with Crippen molar-refractivity contribution in [2.45, 2.75) is 38.2 Å². The van der Waals surface area contributed by atoms with Crippen molar-refractivity contribution >= 4 is 12.6 Å². The van der Waals surface area contributed by atoms with Gasteiger partial charge in [0.25, 0.3) is 0 Å². The van der Waals surface area contributed by atoms with Crippen molar-refractivity contribution in [1.29, 1.82) is 0 Å². The van der Waals surface area contributed by atoms with Gasteiger partial charge in [-0.2, -0.15) is 0 Å². The van der Waals surface area contributed by atoms with Crippen LogP contribution in [0.25, 0.3) is 0 Å². The third kappa shape index (κ3) is 1.95. The van der Waals surface area contributed by atoms with Crippen molar-refractivity contribution < 1.29 is 4.74 Å². The van der Waals surface area contributed by atoms with Crippen molar-refractivity contribution in [2.24, 2.45) is 9.98 Å². The second kappa shape index (κ2) is 4.14. The first kappa shape index (κ1) is 10.4. The lowest BCUT2D eigenvalue weighted by Crippen LogP contribution is -2.57. The first-order chi connectivity index (χ1) is 7.26. The van der Waals surface area contributed by atoms with Gasteiger partial charge in [0.15, 0.2) is 0 Å². The summed E-state index contributed by atoms with van der Waals surface area (Å²) in [5, 5.41) is 0. The SMILES string of the molecule is C=CC=NC1(C)N=CN1C1CCCCO1. The molecule has 2 rings (SSSR count). The van der Waals surface area contributed by atoms with Gasteiger partial charge in [-0.05, 0) is 19.3 Å². The van der Waals surface area contributed by atoms with Gasteiger partial charge >= 0.3 is 0 Å². The topological polar surface area (TPSA) is 37.2 Å². The molecule has 1 saturated heterocycles. The van der Waals surface area contributed by atoms with Crippen LogP contribution in [0.4, 0.5) is 0 Å². The number of ether oxygens (including phenoxy) is 1. The quantitative estimate of drug-likeness (QED) is 0.661. The predicted octanol–water partition coefficient (Wildman–Crippen LogP) is 1.79. The molecular formula is C11H17N3O. The summed E-state index contributed by atoms with van der Waals surface area (Å²) in [5.74, 6) is -0.476. The summed E-state index contributed by atoms with van der Waals surface area (Å²) in [6.07, 6.45) is 8.75. The van der Waals surface area contributed by atoms with Crippen LogP contribution in [0.5, 0.6) is 0 Å². The molecule has 1 fully saturated rings. The molecule has 15 heavy (non-hydrogen) atoms. The van der Waals surface area contributed by atoms with Gasteiger partial charge in [0, 0.05) is 19.7 Å². The summed E-state index contributed by atoms with van der Waals surface area (Å²) in [6, 6.07) is 0. The molecule has 2 aliphatic heterocycles. The molecule has 0 aromatic rings. The van der Waals surface area contributed by atoms with E-state index in [2.05, 4.69) is 21.5 Å². The third-order valence-electron chi connectivity index (χ3n) is 2.81. The van der Waals surface area contributed by atoms with E-state index in [4.69, 9.17) is 4.74 Å². The van der Waals surface area contributed by atoms with Gasteiger partial charge in [0.05, 0.1) is 6.34 Å². The maximum absolute atomic E-state index is 5.69. The summed E-state index contributed by atoms with van der Waals surface area (Å²) in [7, 11) is 0. The van der Waals surface area contributed by atoms with Crippen LogP contribution in [0, 0.1) is 0 Å². The molecule has 4 nitrogen and oxygen atoms in total. The Balaban J connectivity index is 2.01. The highest BCUT2D eigenvalue weighted by molar-refractivity contribution is 5.72. The minimum atomic E-state index is -0.476. The van der Waals surface area contributed by atoms with Crippen LogP contribution in [-0.4, -0.2) is 36.1 Å². The molecule has 2 aliphatic rings. The Morgan fingerprint density at radius 3 is 3.07 bits per heavy atom. The minimum Gasteiger partial charge on any atom is -0.358 e. The van der Waals surface area contributed by atoms with E-state index in [1.165, 1.54) is 6.42 Å². The van der Waals surface area contributed by atoms with Crippen LogP contribution in [0.1, 0.15) is 26.2 Å². The van der Waals surface area contributed by atoms with E-state index in [9.17, 15) is 0 Å². The van der Waals surface area contributed by atoms with Crippen LogP contribution in [0.15, 0.2) is 22.6 Å². The average Bonchev–Trinajstić information content (AvgIpc) is 2.26. The Hall–Kier alpha value is -1.16. The van der Waals surface area contributed by atoms with E-state index < -0.39 is 5.79 Å². The Bertz CT molecular complexity index is 294. The van der Waals surface area contributed by atoms with Crippen molar-refractivity contribution in [1.82, 2.24) is 4.90 Å². The highest BCUT2D eigenvalue weighted by Gasteiger charge is 2.40. The zero-order valence-electron chi connectivity index (χ0n) is 9.09. The van der Waals surface area contributed by atoms with Crippen LogP contribution in [-0.2, 0) is 4.74 Å². The van der Waals surface area contributed by atoms with Crippen molar-refractivity contribution in [3.05, 3.63) is 12.7 Å². The Morgan fingerprint density at radius 1 is 1.67 bits per heavy atom. The molecule has 2 atom stereocenters. The van der Waals surface area contributed by atoms with E-state index in [1.807, 2.05) is 13.3 Å². The molecule has 0 aliphatic carbocycles. The largest absolute Gasteiger partial charge is 0.358 e. The maximum atomic E-state index is 5.69.